The lowest BCUT2D eigenvalue weighted by molar-refractivity contribution is -0.143. The van der Waals surface area contributed by atoms with E-state index in [0.717, 1.165) is 0 Å². The van der Waals surface area contributed by atoms with Crippen molar-refractivity contribution in [2.75, 3.05) is 12.4 Å². The fourth-order valence-electron chi connectivity index (χ4n) is 1.98. The molecule has 0 aromatic heterocycles. The molecule has 0 aliphatic rings. The third-order valence-corrected chi connectivity index (χ3v) is 3.91. The summed E-state index contributed by atoms with van der Waals surface area (Å²) in [6.07, 6.45) is 0. The lowest BCUT2D eigenvalue weighted by atomic mass is 10.1. The maximum Gasteiger partial charge on any atom is 0.333 e. The number of urea groups is 1. The van der Waals surface area contributed by atoms with Gasteiger partial charge in [-0.3, -0.25) is 0 Å². The number of ether oxygens (including phenoxy) is 1. The average Bonchev–Trinajstić information content (AvgIpc) is 2.56. The van der Waals surface area contributed by atoms with Gasteiger partial charge in [0.25, 0.3) is 0 Å². The molecular formula is C16H13Cl3N2O3. The Morgan fingerprint density at radius 2 is 1.62 bits per heavy atom. The Kier molecular flexibility index (Phi) is 6.31. The largest absolute Gasteiger partial charge is 0.467 e. The highest BCUT2D eigenvalue weighted by atomic mass is 35.5. The molecule has 2 rings (SSSR count). The van der Waals surface area contributed by atoms with E-state index in [9.17, 15) is 9.59 Å². The number of methoxy groups -OCH3 is 1. The van der Waals surface area contributed by atoms with Crippen LogP contribution in [0.2, 0.25) is 15.1 Å². The summed E-state index contributed by atoms with van der Waals surface area (Å²) in [4.78, 5) is 24.2. The van der Waals surface area contributed by atoms with Gasteiger partial charge in [-0.25, -0.2) is 9.59 Å². The van der Waals surface area contributed by atoms with Crippen LogP contribution in [0, 0.1) is 0 Å². The molecule has 24 heavy (non-hydrogen) atoms. The van der Waals surface area contributed by atoms with Gasteiger partial charge in [0.05, 0.1) is 22.8 Å². The predicted octanol–water partition coefficient (Wildman–Crippen LogP) is 4.68. The number of anilines is 1. The third-order valence-electron chi connectivity index (χ3n) is 3.09. The van der Waals surface area contributed by atoms with Gasteiger partial charge in [0, 0.05) is 5.02 Å². The van der Waals surface area contributed by atoms with E-state index in [-0.39, 0.29) is 15.7 Å². The molecule has 2 aromatic rings. The minimum atomic E-state index is -0.971. The molecular weight excluding hydrogens is 375 g/mol. The number of carbonyl (C=O) groups is 2. The number of esters is 1. The summed E-state index contributed by atoms with van der Waals surface area (Å²) < 4.78 is 4.73. The van der Waals surface area contributed by atoms with Crippen LogP contribution < -0.4 is 10.6 Å². The van der Waals surface area contributed by atoms with E-state index in [2.05, 4.69) is 10.6 Å². The van der Waals surface area contributed by atoms with Crippen molar-refractivity contribution in [3.05, 3.63) is 63.1 Å². The molecule has 1 atom stereocenters. The van der Waals surface area contributed by atoms with Crippen LogP contribution in [0.15, 0.2) is 42.5 Å². The molecule has 2 amide bonds. The minimum absolute atomic E-state index is 0.178. The smallest absolute Gasteiger partial charge is 0.333 e. The maximum absolute atomic E-state index is 12.2. The van der Waals surface area contributed by atoms with E-state index in [1.165, 1.54) is 19.2 Å². The summed E-state index contributed by atoms with van der Waals surface area (Å²) in [7, 11) is 1.24. The van der Waals surface area contributed by atoms with Crippen molar-refractivity contribution in [1.82, 2.24) is 5.32 Å². The summed E-state index contributed by atoms with van der Waals surface area (Å²) in [5, 5.41) is 5.73. The highest BCUT2D eigenvalue weighted by Gasteiger charge is 2.24. The first kappa shape index (κ1) is 18.4. The lowest BCUT2D eigenvalue weighted by Gasteiger charge is -2.18. The van der Waals surface area contributed by atoms with Gasteiger partial charge in [-0.15, -0.1) is 0 Å². The molecule has 1 unspecified atom stereocenters. The Hall–Kier alpha value is -1.95. The summed E-state index contributed by atoms with van der Waals surface area (Å²) in [6.45, 7) is 0. The van der Waals surface area contributed by atoms with Crippen LogP contribution in [-0.4, -0.2) is 19.1 Å². The SMILES string of the molecule is COC(=O)C(NC(=O)Nc1c(Cl)cc(Cl)cc1Cl)c1ccccc1. The first-order chi connectivity index (χ1) is 11.4. The first-order valence-corrected chi connectivity index (χ1v) is 7.90. The number of halogens is 3. The van der Waals surface area contributed by atoms with Crippen LogP contribution in [0.5, 0.6) is 0 Å². The summed E-state index contributed by atoms with van der Waals surface area (Å²) >= 11 is 17.9. The van der Waals surface area contributed by atoms with Crippen molar-refractivity contribution in [3.63, 3.8) is 0 Å². The lowest BCUT2D eigenvalue weighted by Crippen LogP contribution is -2.37. The van der Waals surface area contributed by atoms with Crippen LogP contribution in [0.1, 0.15) is 11.6 Å². The number of amides is 2. The molecule has 0 saturated carbocycles. The van der Waals surface area contributed by atoms with Gasteiger partial charge in [-0.05, 0) is 17.7 Å². The maximum atomic E-state index is 12.2. The molecule has 126 valence electrons. The highest BCUT2D eigenvalue weighted by Crippen LogP contribution is 2.33. The van der Waals surface area contributed by atoms with Gasteiger partial charge in [0.2, 0.25) is 0 Å². The summed E-state index contributed by atoms with van der Waals surface area (Å²) in [6, 6.07) is 9.94. The number of nitrogens with one attached hydrogen (secondary N) is 2. The van der Waals surface area contributed by atoms with Gasteiger partial charge < -0.3 is 15.4 Å². The molecule has 0 saturated heterocycles. The second-order valence-electron chi connectivity index (χ2n) is 4.71. The van der Waals surface area contributed by atoms with Gasteiger partial charge in [-0.2, -0.15) is 0 Å². The van der Waals surface area contributed by atoms with E-state index in [4.69, 9.17) is 39.5 Å². The van der Waals surface area contributed by atoms with E-state index in [1.54, 1.807) is 30.3 Å². The van der Waals surface area contributed by atoms with Gasteiger partial charge in [0.1, 0.15) is 0 Å². The van der Waals surface area contributed by atoms with Crippen molar-refractivity contribution >= 4 is 52.5 Å². The molecule has 0 aliphatic heterocycles. The molecule has 5 nitrogen and oxygen atoms in total. The fourth-order valence-corrected chi connectivity index (χ4v) is 2.90. The monoisotopic (exact) mass is 386 g/mol. The molecule has 0 heterocycles. The molecule has 0 aliphatic carbocycles. The molecule has 0 spiro atoms. The van der Waals surface area contributed by atoms with Crippen LogP contribution in [0.3, 0.4) is 0 Å². The van der Waals surface area contributed by atoms with Crippen LogP contribution in [0.25, 0.3) is 0 Å². The topological polar surface area (TPSA) is 67.4 Å². The zero-order chi connectivity index (χ0) is 17.7. The Labute approximate surface area is 153 Å². The van der Waals surface area contributed by atoms with Crippen LogP contribution >= 0.6 is 34.8 Å². The zero-order valence-corrected chi connectivity index (χ0v) is 14.7. The van der Waals surface area contributed by atoms with Crippen LogP contribution in [0.4, 0.5) is 10.5 Å². The number of carbonyl (C=O) groups excluding carboxylic acids is 2. The van der Waals surface area contributed by atoms with Gasteiger partial charge in [0.15, 0.2) is 6.04 Å². The van der Waals surface area contributed by atoms with Crippen molar-refractivity contribution < 1.29 is 14.3 Å². The Bertz CT molecular complexity index is 730. The molecule has 2 aromatic carbocycles. The van der Waals surface area contributed by atoms with E-state index in [1.807, 2.05) is 0 Å². The standard InChI is InChI=1S/C16H13Cl3N2O3/c1-24-15(22)13(9-5-3-2-4-6-9)20-16(23)21-14-11(18)7-10(17)8-12(14)19/h2-8,13H,1H3,(H2,20,21,23). The van der Waals surface area contributed by atoms with Crippen molar-refractivity contribution in [2.45, 2.75) is 6.04 Å². The zero-order valence-electron chi connectivity index (χ0n) is 12.5. The Morgan fingerprint density at radius 1 is 1.04 bits per heavy atom. The van der Waals surface area contributed by atoms with Crippen molar-refractivity contribution in [3.8, 4) is 0 Å². The van der Waals surface area contributed by atoms with E-state index < -0.39 is 18.0 Å². The molecule has 0 radical (unpaired) electrons. The van der Waals surface area contributed by atoms with E-state index >= 15 is 0 Å². The first-order valence-electron chi connectivity index (χ1n) is 6.77. The number of hydrogen-bond acceptors (Lipinski definition) is 3. The molecule has 2 N–H and O–H groups in total. The highest BCUT2D eigenvalue weighted by molar-refractivity contribution is 6.42. The number of rotatable bonds is 4. The van der Waals surface area contributed by atoms with Crippen LogP contribution in [-0.2, 0) is 9.53 Å². The summed E-state index contributed by atoms with van der Waals surface area (Å²) in [5.74, 6) is -0.607. The second kappa shape index (κ2) is 8.24. The average molecular weight is 388 g/mol. The van der Waals surface area contributed by atoms with Gasteiger partial charge >= 0.3 is 12.0 Å². The number of benzene rings is 2. The predicted molar refractivity (Wildman–Crippen MR) is 94.8 cm³/mol. The normalized spacial score (nSPS) is 11.5. The fraction of sp³-hybridized carbons (Fsp3) is 0.125. The third kappa shape index (κ3) is 4.54. The van der Waals surface area contributed by atoms with Crippen molar-refractivity contribution in [2.24, 2.45) is 0 Å². The molecule has 0 bridgehead atoms. The van der Waals surface area contributed by atoms with Gasteiger partial charge in [-0.1, -0.05) is 65.1 Å². The minimum Gasteiger partial charge on any atom is -0.467 e. The Morgan fingerprint density at radius 3 is 2.17 bits per heavy atom. The van der Waals surface area contributed by atoms with Crippen molar-refractivity contribution in [1.29, 1.82) is 0 Å². The number of hydrogen-bond donors (Lipinski definition) is 2. The van der Waals surface area contributed by atoms with E-state index in [0.29, 0.717) is 10.6 Å². The summed E-state index contributed by atoms with van der Waals surface area (Å²) in [5.41, 5.74) is 0.768. The molecule has 0 fully saturated rings. The second-order valence-corrected chi connectivity index (χ2v) is 5.96. The molecule has 8 heteroatoms. The Balaban J connectivity index is 2.19. The quantitative estimate of drug-likeness (QED) is 0.748.